The summed E-state index contributed by atoms with van der Waals surface area (Å²) >= 11 is 0. The molecule has 3 heterocycles. The van der Waals surface area contributed by atoms with E-state index in [-0.39, 0.29) is 30.2 Å². The second-order valence-corrected chi connectivity index (χ2v) is 13.1. The second-order valence-electron chi connectivity index (χ2n) is 11.2. The maximum atomic E-state index is 14.2. The highest BCUT2D eigenvalue weighted by Gasteiger charge is 2.50. The van der Waals surface area contributed by atoms with E-state index in [9.17, 15) is 22.8 Å². The molecule has 1 saturated heterocycles. The van der Waals surface area contributed by atoms with E-state index in [1.54, 1.807) is 23.8 Å². The molecule has 0 bridgehead atoms. The monoisotopic (exact) mass is 557 g/mol. The molecule has 212 valence electrons. The number of fused-ring (bicyclic) bond motifs is 2. The summed E-state index contributed by atoms with van der Waals surface area (Å²) in [4.78, 5) is 44.5. The lowest BCUT2D eigenvalue weighted by Gasteiger charge is -2.34. The number of likely N-dealkylation sites (tertiary alicyclic amines) is 1. The van der Waals surface area contributed by atoms with Crippen LogP contribution in [-0.2, 0) is 30.8 Å². The molecule has 3 atom stereocenters. The van der Waals surface area contributed by atoms with Crippen LogP contribution in [-0.4, -0.2) is 86.4 Å². The quantitative estimate of drug-likeness (QED) is 0.523. The zero-order chi connectivity index (χ0) is 27.9. The Bertz CT molecular complexity index is 1290. The van der Waals surface area contributed by atoms with Gasteiger partial charge in [-0.15, -0.1) is 0 Å². The standard InChI is InChI=1S/C28H39N5O5S/c1-18(29-2)26(34)30-24(20-10-5-4-6-11-20)28(36)32-16-14-23-25(32)21(17-33(23)39(3,37)38)27(35)31-15-13-19-9-7-8-12-22(19)31/h7-9,12,18,20,23-24,29H,4-6,10-11,13-17H2,1-3H3,(H,30,34). The minimum absolute atomic E-state index is 0.00377. The van der Waals surface area contributed by atoms with E-state index in [1.165, 1.54) is 4.31 Å². The van der Waals surface area contributed by atoms with Crippen molar-refractivity contribution in [2.24, 2.45) is 5.92 Å². The summed E-state index contributed by atoms with van der Waals surface area (Å²) in [6.45, 7) is 2.50. The average molecular weight is 558 g/mol. The normalized spacial score (nSPS) is 23.5. The Hall–Kier alpha value is -2.76. The van der Waals surface area contributed by atoms with Gasteiger partial charge in [0, 0.05) is 31.0 Å². The summed E-state index contributed by atoms with van der Waals surface area (Å²) < 4.78 is 26.9. The van der Waals surface area contributed by atoms with Crippen LogP contribution in [0.5, 0.6) is 0 Å². The van der Waals surface area contributed by atoms with E-state index in [0.717, 1.165) is 56.0 Å². The van der Waals surface area contributed by atoms with E-state index >= 15 is 0 Å². The van der Waals surface area contributed by atoms with E-state index in [0.29, 0.717) is 30.8 Å². The first-order valence-corrected chi connectivity index (χ1v) is 15.8. The SMILES string of the molecule is CNC(C)C(=O)NC(C(=O)N1CCC2C1=C(C(=O)N1CCc3ccccc31)CN2S(C)(=O)=O)C1CCCCC1. The van der Waals surface area contributed by atoms with Crippen molar-refractivity contribution >= 4 is 33.4 Å². The van der Waals surface area contributed by atoms with Crippen molar-refractivity contribution in [3.8, 4) is 0 Å². The van der Waals surface area contributed by atoms with Gasteiger partial charge in [0.1, 0.15) is 6.04 Å². The zero-order valence-corrected chi connectivity index (χ0v) is 23.8. The van der Waals surface area contributed by atoms with Crippen LogP contribution in [0, 0.1) is 5.92 Å². The zero-order valence-electron chi connectivity index (χ0n) is 23.0. The number of anilines is 1. The molecule has 10 nitrogen and oxygen atoms in total. The van der Waals surface area contributed by atoms with E-state index < -0.39 is 28.1 Å². The molecule has 2 N–H and O–H groups in total. The highest BCUT2D eigenvalue weighted by atomic mass is 32.2. The molecule has 4 aliphatic rings. The predicted octanol–water partition coefficient (Wildman–Crippen LogP) is 1.38. The van der Waals surface area contributed by atoms with Gasteiger partial charge in [0.05, 0.1) is 23.9 Å². The van der Waals surface area contributed by atoms with Crippen LogP contribution < -0.4 is 15.5 Å². The van der Waals surface area contributed by atoms with Crippen LogP contribution in [0.2, 0.25) is 0 Å². The molecule has 3 amide bonds. The van der Waals surface area contributed by atoms with E-state index in [2.05, 4.69) is 10.6 Å². The first-order valence-electron chi connectivity index (χ1n) is 14.0. The first-order chi connectivity index (χ1) is 18.6. The summed E-state index contributed by atoms with van der Waals surface area (Å²) in [7, 11) is -1.93. The van der Waals surface area contributed by atoms with Gasteiger partial charge >= 0.3 is 0 Å². The summed E-state index contributed by atoms with van der Waals surface area (Å²) in [6.07, 6.45) is 7.08. The maximum absolute atomic E-state index is 14.2. The minimum Gasteiger partial charge on any atom is -0.343 e. The Morgan fingerprint density at radius 3 is 2.41 bits per heavy atom. The fourth-order valence-corrected chi connectivity index (χ4v) is 7.60. The van der Waals surface area contributed by atoms with Crippen molar-refractivity contribution in [3.05, 3.63) is 41.1 Å². The Morgan fingerprint density at radius 1 is 1.00 bits per heavy atom. The molecule has 0 radical (unpaired) electrons. The molecule has 3 unspecified atom stereocenters. The number of carbonyl (C=O) groups is 3. The number of rotatable bonds is 7. The number of hydrogen-bond donors (Lipinski definition) is 2. The first kappa shape index (κ1) is 27.8. The molecule has 1 aromatic rings. The number of nitrogens with zero attached hydrogens (tertiary/aromatic N) is 3. The van der Waals surface area contributed by atoms with Gasteiger partial charge in [0.2, 0.25) is 21.8 Å². The minimum atomic E-state index is -3.63. The third kappa shape index (κ3) is 5.24. The molecule has 1 saturated carbocycles. The molecular formula is C28H39N5O5S. The molecule has 39 heavy (non-hydrogen) atoms. The number of hydrogen-bond acceptors (Lipinski definition) is 6. The van der Waals surface area contributed by atoms with Crippen LogP contribution in [0.1, 0.15) is 51.0 Å². The Labute approximate surface area is 230 Å². The lowest BCUT2D eigenvalue weighted by Crippen LogP contribution is -2.55. The number of nitrogens with one attached hydrogen (secondary N) is 2. The molecule has 0 spiro atoms. The molecular weight excluding hydrogens is 518 g/mol. The van der Waals surface area contributed by atoms with Gasteiger partial charge in [-0.05, 0) is 57.2 Å². The van der Waals surface area contributed by atoms with Crippen LogP contribution in [0.15, 0.2) is 35.5 Å². The summed E-state index contributed by atoms with van der Waals surface area (Å²) in [5.41, 5.74) is 2.74. The van der Waals surface area contributed by atoms with Gasteiger partial charge in [-0.25, -0.2) is 8.42 Å². The van der Waals surface area contributed by atoms with Crippen LogP contribution >= 0.6 is 0 Å². The number of likely N-dealkylation sites (N-methyl/N-ethyl adjacent to an activating group) is 1. The molecule has 1 aromatic carbocycles. The lowest BCUT2D eigenvalue weighted by molar-refractivity contribution is -0.136. The summed E-state index contributed by atoms with van der Waals surface area (Å²) in [5.74, 6) is -0.761. The molecule has 0 aromatic heterocycles. The van der Waals surface area contributed by atoms with Crippen molar-refractivity contribution in [3.63, 3.8) is 0 Å². The summed E-state index contributed by atoms with van der Waals surface area (Å²) in [6, 6.07) is 5.97. The number of para-hydroxylation sites is 1. The number of amides is 3. The molecule has 2 fully saturated rings. The fourth-order valence-electron chi connectivity index (χ4n) is 6.57. The third-order valence-electron chi connectivity index (χ3n) is 8.80. The Balaban J connectivity index is 1.51. The lowest BCUT2D eigenvalue weighted by atomic mass is 9.83. The van der Waals surface area contributed by atoms with Gasteiger partial charge in [0.25, 0.3) is 5.91 Å². The second kappa shape index (κ2) is 11.0. The van der Waals surface area contributed by atoms with Gasteiger partial charge in [-0.1, -0.05) is 37.5 Å². The topological polar surface area (TPSA) is 119 Å². The van der Waals surface area contributed by atoms with Gasteiger partial charge in [-0.2, -0.15) is 4.31 Å². The average Bonchev–Trinajstić information content (AvgIpc) is 3.64. The van der Waals surface area contributed by atoms with Crippen LogP contribution in [0.3, 0.4) is 0 Å². The van der Waals surface area contributed by atoms with E-state index in [4.69, 9.17) is 0 Å². The number of carbonyl (C=O) groups excluding carboxylic acids is 3. The van der Waals surface area contributed by atoms with Crippen molar-refractivity contribution < 1.29 is 22.8 Å². The van der Waals surface area contributed by atoms with Gasteiger partial charge in [-0.3, -0.25) is 14.4 Å². The van der Waals surface area contributed by atoms with Crippen LogP contribution in [0.25, 0.3) is 0 Å². The highest BCUT2D eigenvalue weighted by molar-refractivity contribution is 7.88. The van der Waals surface area contributed by atoms with Crippen molar-refractivity contribution in [1.29, 1.82) is 0 Å². The molecule has 3 aliphatic heterocycles. The van der Waals surface area contributed by atoms with Gasteiger partial charge in [0.15, 0.2) is 0 Å². The van der Waals surface area contributed by atoms with E-state index in [1.807, 2.05) is 24.3 Å². The molecule has 1 aliphatic carbocycles. The highest BCUT2D eigenvalue weighted by Crippen LogP contribution is 2.40. The largest absolute Gasteiger partial charge is 0.343 e. The Morgan fingerprint density at radius 2 is 1.72 bits per heavy atom. The van der Waals surface area contributed by atoms with Crippen molar-refractivity contribution in [2.45, 2.75) is 70.0 Å². The predicted molar refractivity (Wildman–Crippen MR) is 148 cm³/mol. The number of sulfonamides is 1. The van der Waals surface area contributed by atoms with Gasteiger partial charge < -0.3 is 20.4 Å². The summed E-state index contributed by atoms with van der Waals surface area (Å²) in [5, 5.41) is 5.94. The molecule has 11 heteroatoms. The fraction of sp³-hybridized carbons (Fsp3) is 0.607. The van der Waals surface area contributed by atoms with Crippen molar-refractivity contribution in [1.82, 2.24) is 19.8 Å². The number of benzene rings is 1. The maximum Gasteiger partial charge on any atom is 0.257 e. The Kier molecular flexibility index (Phi) is 7.85. The van der Waals surface area contributed by atoms with Crippen molar-refractivity contribution in [2.75, 3.05) is 37.8 Å². The van der Waals surface area contributed by atoms with Crippen LogP contribution in [0.4, 0.5) is 5.69 Å². The molecule has 5 rings (SSSR count). The smallest absolute Gasteiger partial charge is 0.257 e. The third-order valence-corrected chi connectivity index (χ3v) is 10.0.